The Labute approximate surface area is 126 Å². The summed E-state index contributed by atoms with van der Waals surface area (Å²) in [6.45, 7) is 2.73. The van der Waals surface area contributed by atoms with Crippen LogP contribution in [0, 0.1) is 5.82 Å². The van der Waals surface area contributed by atoms with Crippen LogP contribution in [0.3, 0.4) is 0 Å². The molecule has 1 aromatic rings. The summed E-state index contributed by atoms with van der Waals surface area (Å²) < 4.78 is 24.2. The van der Waals surface area contributed by atoms with E-state index in [0.29, 0.717) is 25.5 Å². The predicted octanol–water partition coefficient (Wildman–Crippen LogP) is 2.49. The highest BCUT2D eigenvalue weighted by atomic mass is 19.1. The van der Waals surface area contributed by atoms with Gasteiger partial charge in [-0.15, -0.1) is 0 Å². The molecule has 0 aliphatic heterocycles. The average Bonchev–Trinajstić information content (AvgIpc) is 2.49. The molecule has 1 aromatic carbocycles. The number of aliphatic hydroxyl groups excluding tert-OH is 1. The number of unbranched alkanes of at least 4 members (excludes halogenated alkanes) is 3. The fourth-order valence-corrected chi connectivity index (χ4v) is 1.93. The molecule has 0 bridgehead atoms. The van der Waals surface area contributed by atoms with Gasteiger partial charge in [0.25, 0.3) is 0 Å². The van der Waals surface area contributed by atoms with Crippen molar-refractivity contribution in [1.29, 1.82) is 0 Å². The highest BCUT2D eigenvalue weighted by Crippen LogP contribution is 2.18. The Hall–Kier alpha value is -1.17. The van der Waals surface area contributed by atoms with Crippen molar-refractivity contribution in [3.63, 3.8) is 0 Å². The van der Waals surface area contributed by atoms with Gasteiger partial charge >= 0.3 is 0 Å². The maximum Gasteiger partial charge on any atom is 0.165 e. The monoisotopic (exact) mass is 299 g/mol. The van der Waals surface area contributed by atoms with E-state index in [1.807, 2.05) is 6.07 Å². The molecule has 120 valence electrons. The summed E-state index contributed by atoms with van der Waals surface area (Å²) in [4.78, 5) is 0. The van der Waals surface area contributed by atoms with Gasteiger partial charge in [-0.25, -0.2) is 4.39 Å². The van der Waals surface area contributed by atoms with E-state index in [4.69, 9.17) is 14.6 Å². The first kappa shape index (κ1) is 17.9. The molecule has 0 saturated carbocycles. The zero-order valence-electron chi connectivity index (χ0n) is 12.7. The van der Waals surface area contributed by atoms with Crippen LogP contribution in [-0.4, -0.2) is 38.6 Å². The third-order valence-corrected chi connectivity index (χ3v) is 3.12. The third-order valence-electron chi connectivity index (χ3n) is 3.12. The van der Waals surface area contributed by atoms with Crippen LogP contribution in [0.5, 0.6) is 5.75 Å². The lowest BCUT2D eigenvalue weighted by Gasteiger charge is -2.09. The third kappa shape index (κ3) is 7.99. The van der Waals surface area contributed by atoms with E-state index in [1.54, 1.807) is 13.2 Å². The van der Waals surface area contributed by atoms with Gasteiger partial charge in [-0.2, -0.15) is 0 Å². The Bertz CT molecular complexity index is 388. The van der Waals surface area contributed by atoms with Gasteiger partial charge in [0, 0.05) is 26.8 Å². The van der Waals surface area contributed by atoms with Crippen LogP contribution in [0.15, 0.2) is 18.2 Å². The number of halogens is 1. The quantitative estimate of drug-likeness (QED) is 0.582. The Morgan fingerprint density at radius 3 is 2.67 bits per heavy atom. The van der Waals surface area contributed by atoms with E-state index >= 15 is 0 Å². The van der Waals surface area contributed by atoms with Crippen molar-refractivity contribution in [3.05, 3.63) is 29.6 Å². The van der Waals surface area contributed by atoms with E-state index in [0.717, 1.165) is 37.8 Å². The highest BCUT2D eigenvalue weighted by molar-refractivity contribution is 5.29. The number of aliphatic hydroxyl groups is 1. The minimum absolute atomic E-state index is 0.232. The number of methoxy groups -OCH3 is 1. The first-order chi connectivity index (χ1) is 10.3. The van der Waals surface area contributed by atoms with Crippen LogP contribution >= 0.6 is 0 Å². The molecule has 0 fully saturated rings. The van der Waals surface area contributed by atoms with E-state index in [1.165, 1.54) is 6.07 Å². The predicted molar refractivity (Wildman–Crippen MR) is 81.0 cm³/mol. The van der Waals surface area contributed by atoms with Crippen molar-refractivity contribution in [1.82, 2.24) is 5.32 Å². The lowest BCUT2D eigenvalue weighted by atomic mass is 10.2. The zero-order chi connectivity index (χ0) is 15.3. The molecule has 0 radical (unpaired) electrons. The fraction of sp³-hybridized carbons (Fsp3) is 0.625. The van der Waals surface area contributed by atoms with Crippen LogP contribution in [0.4, 0.5) is 4.39 Å². The first-order valence-electron chi connectivity index (χ1n) is 7.49. The van der Waals surface area contributed by atoms with Crippen LogP contribution in [0.1, 0.15) is 31.2 Å². The van der Waals surface area contributed by atoms with E-state index in [9.17, 15) is 4.39 Å². The van der Waals surface area contributed by atoms with Crippen LogP contribution < -0.4 is 10.1 Å². The molecule has 2 N–H and O–H groups in total. The summed E-state index contributed by atoms with van der Waals surface area (Å²) in [5.74, 6) is -0.0193. The molecule has 0 atom stereocenters. The molecule has 0 heterocycles. The van der Waals surface area contributed by atoms with Gasteiger partial charge in [-0.05, 0) is 37.0 Å². The van der Waals surface area contributed by atoms with Gasteiger partial charge < -0.3 is 19.9 Å². The van der Waals surface area contributed by atoms with Gasteiger partial charge in [-0.1, -0.05) is 12.5 Å². The molecule has 4 nitrogen and oxygen atoms in total. The van der Waals surface area contributed by atoms with Gasteiger partial charge in [-0.3, -0.25) is 0 Å². The second-order valence-electron chi connectivity index (χ2n) is 4.92. The normalized spacial score (nSPS) is 10.8. The number of hydrogen-bond donors (Lipinski definition) is 2. The number of nitrogens with one attached hydrogen (secondary N) is 1. The fourth-order valence-electron chi connectivity index (χ4n) is 1.93. The maximum atomic E-state index is 13.8. The van der Waals surface area contributed by atoms with Crippen LogP contribution in [-0.2, 0) is 11.3 Å². The van der Waals surface area contributed by atoms with Crippen molar-refractivity contribution < 1.29 is 19.0 Å². The summed E-state index contributed by atoms with van der Waals surface area (Å²) in [6.07, 6.45) is 3.66. The molecule has 0 aliphatic rings. The SMILES string of the molecule is COCCNCc1ccc(OCCCCCCO)c(F)c1. The summed E-state index contributed by atoms with van der Waals surface area (Å²) >= 11 is 0. The average molecular weight is 299 g/mol. The molecular formula is C16H26FNO3. The molecule has 0 amide bonds. The van der Waals surface area contributed by atoms with Gasteiger partial charge in [0.1, 0.15) is 0 Å². The largest absolute Gasteiger partial charge is 0.491 e. The standard InChI is InChI=1S/C16H26FNO3/c1-20-11-8-18-13-14-6-7-16(15(17)12-14)21-10-5-3-2-4-9-19/h6-7,12,18-19H,2-5,8-11,13H2,1H3. The van der Waals surface area contributed by atoms with Crippen molar-refractivity contribution in [2.45, 2.75) is 32.2 Å². The molecule has 21 heavy (non-hydrogen) atoms. The lowest BCUT2D eigenvalue weighted by molar-refractivity contribution is 0.199. The molecular weight excluding hydrogens is 273 g/mol. The Morgan fingerprint density at radius 2 is 1.95 bits per heavy atom. The molecule has 1 rings (SSSR count). The maximum absolute atomic E-state index is 13.8. The molecule has 5 heteroatoms. The summed E-state index contributed by atoms with van der Waals surface area (Å²) in [5, 5.41) is 11.8. The molecule has 0 aromatic heterocycles. The molecule has 0 aliphatic carbocycles. The molecule has 0 spiro atoms. The van der Waals surface area contributed by atoms with Gasteiger partial charge in [0.2, 0.25) is 0 Å². The number of rotatable bonds is 12. The summed E-state index contributed by atoms with van der Waals surface area (Å²) in [7, 11) is 1.65. The minimum atomic E-state index is -0.323. The molecule has 0 saturated heterocycles. The number of benzene rings is 1. The Kier molecular flexibility index (Phi) is 9.78. The summed E-state index contributed by atoms with van der Waals surface area (Å²) in [5.41, 5.74) is 0.888. The lowest BCUT2D eigenvalue weighted by Crippen LogP contribution is -2.18. The van der Waals surface area contributed by atoms with Crippen molar-refractivity contribution in [2.75, 3.05) is 33.5 Å². The van der Waals surface area contributed by atoms with Gasteiger partial charge in [0.15, 0.2) is 11.6 Å². The zero-order valence-corrected chi connectivity index (χ0v) is 12.7. The minimum Gasteiger partial charge on any atom is -0.491 e. The van der Waals surface area contributed by atoms with Crippen LogP contribution in [0.2, 0.25) is 0 Å². The topological polar surface area (TPSA) is 50.7 Å². The molecule has 0 unspecified atom stereocenters. The second-order valence-corrected chi connectivity index (χ2v) is 4.92. The smallest absolute Gasteiger partial charge is 0.165 e. The van der Waals surface area contributed by atoms with E-state index in [2.05, 4.69) is 5.32 Å². The summed E-state index contributed by atoms with van der Waals surface area (Å²) in [6, 6.07) is 5.04. The first-order valence-corrected chi connectivity index (χ1v) is 7.49. The Morgan fingerprint density at radius 1 is 1.14 bits per heavy atom. The van der Waals surface area contributed by atoms with Crippen LogP contribution in [0.25, 0.3) is 0 Å². The van der Waals surface area contributed by atoms with Gasteiger partial charge in [0.05, 0.1) is 13.2 Å². The van der Waals surface area contributed by atoms with Crippen molar-refractivity contribution in [2.24, 2.45) is 0 Å². The van der Waals surface area contributed by atoms with E-state index in [-0.39, 0.29) is 12.4 Å². The second kappa shape index (κ2) is 11.5. The van der Waals surface area contributed by atoms with Crippen molar-refractivity contribution in [3.8, 4) is 5.75 Å². The number of ether oxygens (including phenoxy) is 2. The van der Waals surface area contributed by atoms with Crippen molar-refractivity contribution >= 4 is 0 Å². The number of hydrogen-bond acceptors (Lipinski definition) is 4. The van der Waals surface area contributed by atoms with E-state index < -0.39 is 0 Å². The Balaban J connectivity index is 2.26. The highest BCUT2D eigenvalue weighted by Gasteiger charge is 2.04.